The normalized spacial score (nSPS) is 19.7. The summed E-state index contributed by atoms with van der Waals surface area (Å²) in [6.45, 7) is 4.64. The van der Waals surface area contributed by atoms with Gasteiger partial charge in [0.2, 0.25) is 5.91 Å². The van der Waals surface area contributed by atoms with Gasteiger partial charge in [-0.2, -0.15) is 0 Å². The molecule has 0 aromatic heterocycles. The number of carbonyl (C=O) groups excluding carboxylic acids is 1. The first-order valence-corrected chi connectivity index (χ1v) is 7.90. The van der Waals surface area contributed by atoms with Crippen LogP contribution in [0.2, 0.25) is 0 Å². The summed E-state index contributed by atoms with van der Waals surface area (Å²) in [5.41, 5.74) is 0.839. The number of carbonyl (C=O) groups is 2. The maximum absolute atomic E-state index is 13.1. The molecule has 0 bridgehead atoms. The van der Waals surface area contributed by atoms with E-state index in [0.717, 1.165) is 12.0 Å². The van der Waals surface area contributed by atoms with Crippen LogP contribution in [0, 0.1) is 11.7 Å². The minimum absolute atomic E-state index is 0.0708. The Hall–Kier alpha value is -1.95. The molecule has 0 saturated carbocycles. The zero-order valence-corrected chi connectivity index (χ0v) is 13.5. The molecule has 6 heteroatoms. The molecule has 1 aliphatic rings. The smallest absolute Gasteiger partial charge is 0.320 e. The van der Waals surface area contributed by atoms with Crippen molar-refractivity contribution in [3.63, 3.8) is 0 Å². The summed E-state index contributed by atoms with van der Waals surface area (Å²) in [4.78, 5) is 25.2. The molecule has 1 aliphatic heterocycles. The van der Waals surface area contributed by atoms with Gasteiger partial charge in [0.05, 0.1) is 12.6 Å². The first-order chi connectivity index (χ1) is 10.9. The molecule has 1 saturated heterocycles. The summed E-state index contributed by atoms with van der Waals surface area (Å²) in [6, 6.07) is 5.26. The second-order valence-electron chi connectivity index (χ2n) is 6.31. The Labute approximate surface area is 135 Å². The SMILES string of the molecule is CC(C)[C@@H](NC(=O)CN1CCC[C@@H]1C(=O)O)c1ccc(F)cc1. The third kappa shape index (κ3) is 4.51. The number of benzene rings is 1. The number of carboxylic acid groups (broad SMARTS) is 1. The highest BCUT2D eigenvalue weighted by molar-refractivity contribution is 5.80. The average molecular weight is 322 g/mol. The molecule has 1 aromatic rings. The van der Waals surface area contributed by atoms with Crippen molar-refractivity contribution in [3.05, 3.63) is 35.6 Å². The molecule has 2 atom stereocenters. The minimum atomic E-state index is -0.880. The zero-order chi connectivity index (χ0) is 17.0. The van der Waals surface area contributed by atoms with Crippen molar-refractivity contribution in [1.82, 2.24) is 10.2 Å². The van der Waals surface area contributed by atoms with Gasteiger partial charge < -0.3 is 10.4 Å². The quantitative estimate of drug-likeness (QED) is 0.842. The molecule has 0 aliphatic carbocycles. The number of hydrogen-bond donors (Lipinski definition) is 2. The molecule has 2 N–H and O–H groups in total. The van der Waals surface area contributed by atoms with Gasteiger partial charge in [-0.1, -0.05) is 26.0 Å². The topological polar surface area (TPSA) is 69.6 Å². The number of likely N-dealkylation sites (tertiary alicyclic amines) is 1. The van der Waals surface area contributed by atoms with Crippen LogP contribution in [0.25, 0.3) is 0 Å². The number of nitrogens with one attached hydrogen (secondary N) is 1. The lowest BCUT2D eigenvalue weighted by molar-refractivity contribution is -0.142. The Bertz CT molecular complexity index is 559. The first kappa shape index (κ1) is 17.4. The average Bonchev–Trinajstić information content (AvgIpc) is 2.94. The monoisotopic (exact) mass is 322 g/mol. The van der Waals surface area contributed by atoms with Gasteiger partial charge >= 0.3 is 5.97 Å². The molecule has 1 amide bonds. The minimum Gasteiger partial charge on any atom is -0.480 e. The number of nitrogens with zero attached hydrogens (tertiary/aromatic N) is 1. The van der Waals surface area contributed by atoms with Crippen LogP contribution in [0.4, 0.5) is 4.39 Å². The van der Waals surface area contributed by atoms with Crippen molar-refractivity contribution in [1.29, 1.82) is 0 Å². The molecule has 1 aromatic carbocycles. The lowest BCUT2D eigenvalue weighted by Gasteiger charge is -2.26. The standard InChI is InChI=1S/C17H23FN2O3/c1-11(2)16(12-5-7-13(18)8-6-12)19-15(21)10-20-9-3-4-14(20)17(22)23/h5-8,11,14,16H,3-4,9-10H2,1-2H3,(H,19,21)(H,22,23)/t14-,16-/m1/s1. The summed E-state index contributed by atoms with van der Waals surface area (Å²) in [5, 5.41) is 12.1. The van der Waals surface area contributed by atoms with Crippen molar-refractivity contribution >= 4 is 11.9 Å². The maximum atomic E-state index is 13.1. The predicted octanol–water partition coefficient (Wildman–Crippen LogP) is 2.19. The van der Waals surface area contributed by atoms with Gasteiger partial charge in [0, 0.05) is 0 Å². The third-order valence-electron chi connectivity index (χ3n) is 4.21. The van der Waals surface area contributed by atoms with Crippen LogP contribution in [-0.2, 0) is 9.59 Å². The Morgan fingerprint density at radius 2 is 2.00 bits per heavy atom. The van der Waals surface area contributed by atoms with E-state index in [2.05, 4.69) is 5.32 Å². The first-order valence-electron chi connectivity index (χ1n) is 7.90. The largest absolute Gasteiger partial charge is 0.480 e. The van der Waals surface area contributed by atoms with E-state index >= 15 is 0 Å². The van der Waals surface area contributed by atoms with Crippen LogP contribution in [-0.4, -0.2) is 41.0 Å². The van der Waals surface area contributed by atoms with Crippen molar-refractivity contribution in [2.75, 3.05) is 13.1 Å². The Morgan fingerprint density at radius 1 is 1.35 bits per heavy atom. The van der Waals surface area contributed by atoms with Crippen molar-refractivity contribution < 1.29 is 19.1 Å². The van der Waals surface area contributed by atoms with Gasteiger partial charge in [-0.15, -0.1) is 0 Å². The highest BCUT2D eigenvalue weighted by atomic mass is 19.1. The molecule has 23 heavy (non-hydrogen) atoms. The van der Waals surface area contributed by atoms with E-state index in [1.54, 1.807) is 17.0 Å². The molecule has 2 rings (SSSR count). The molecule has 0 radical (unpaired) electrons. The lowest BCUT2D eigenvalue weighted by Crippen LogP contribution is -2.44. The summed E-state index contributed by atoms with van der Waals surface area (Å²) < 4.78 is 13.1. The summed E-state index contributed by atoms with van der Waals surface area (Å²) >= 11 is 0. The molecular weight excluding hydrogens is 299 g/mol. The van der Waals surface area contributed by atoms with Gasteiger partial charge in [-0.3, -0.25) is 14.5 Å². The number of amides is 1. The van der Waals surface area contributed by atoms with Crippen molar-refractivity contribution in [3.8, 4) is 0 Å². The lowest BCUT2D eigenvalue weighted by atomic mass is 9.96. The Kier molecular flexibility index (Phi) is 5.71. The fourth-order valence-electron chi connectivity index (χ4n) is 3.00. The number of hydrogen-bond acceptors (Lipinski definition) is 3. The molecule has 126 valence electrons. The van der Waals surface area contributed by atoms with Gasteiger partial charge in [0.25, 0.3) is 0 Å². The van der Waals surface area contributed by atoms with E-state index in [4.69, 9.17) is 5.11 Å². The maximum Gasteiger partial charge on any atom is 0.320 e. The van der Waals surface area contributed by atoms with E-state index in [9.17, 15) is 14.0 Å². The molecule has 1 heterocycles. The number of carboxylic acids is 1. The van der Waals surface area contributed by atoms with Gasteiger partial charge in [-0.25, -0.2) is 4.39 Å². The van der Waals surface area contributed by atoms with Gasteiger partial charge in [-0.05, 0) is 43.0 Å². The Balaban J connectivity index is 2.01. The number of aliphatic carboxylic acids is 1. The fraction of sp³-hybridized carbons (Fsp3) is 0.529. The van der Waals surface area contributed by atoms with E-state index in [-0.39, 0.29) is 30.2 Å². The van der Waals surface area contributed by atoms with Gasteiger partial charge in [0.1, 0.15) is 11.9 Å². The van der Waals surface area contributed by atoms with Gasteiger partial charge in [0.15, 0.2) is 0 Å². The number of rotatable bonds is 6. The highest BCUT2D eigenvalue weighted by Gasteiger charge is 2.32. The molecular formula is C17H23FN2O3. The number of halogens is 1. The van der Waals surface area contributed by atoms with Crippen LogP contribution in [0.5, 0.6) is 0 Å². The highest BCUT2D eigenvalue weighted by Crippen LogP contribution is 2.22. The van der Waals surface area contributed by atoms with Crippen LogP contribution in [0.1, 0.15) is 38.3 Å². The third-order valence-corrected chi connectivity index (χ3v) is 4.21. The van der Waals surface area contributed by atoms with Crippen LogP contribution in [0.3, 0.4) is 0 Å². The molecule has 5 nitrogen and oxygen atoms in total. The zero-order valence-electron chi connectivity index (χ0n) is 13.5. The molecule has 1 fully saturated rings. The van der Waals surface area contributed by atoms with E-state index in [0.29, 0.717) is 13.0 Å². The summed E-state index contributed by atoms with van der Waals surface area (Å²) in [5.74, 6) is -1.27. The second-order valence-corrected chi connectivity index (χ2v) is 6.31. The van der Waals surface area contributed by atoms with Crippen LogP contribution < -0.4 is 5.32 Å². The van der Waals surface area contributed by atoms with E-state index in [1.165, 1.54) is 12.1 Å². The Morgan fingerprint density at radius 3 is 2.57 bits per heavy atom. The van der Waals surface area contributed by atoms with Crippen LogP contribution >= 0.6 is 0 Å². The second kappa shape index (κ2) is 7.55. The van der Waals surface area contributed by atoms with E-state index in [1.807, 2.05) is 13.8 Å². The summed E-state index contributed by atoms with van der Waals surface area (Å²) in [7, 11) is 0. The van der Waals surface area contributed by atoms with Crippen molar-refractivity contribution in [2.45, 2.75) is 38.8 Å². The summed E-state index contributed by atoms with van der Waals surface area (Å²) in [6.07, 6.45) is 1.37. The van der Waals surface area contributed by atoms with Crippen LogP contribution in [0.15, 0.2) is 24.3 Å². The fourth-order valence-corrected chi connectivity index (χ4v) is 3.00. The molecule has 0 unspecified atom stereocenters. The predicted molar refractivity (Wildman–Crippen MR) is 84.4 cm³/mol. The molecule has 0 spiro atoms. The van der Waals surface area contributed by atoms with E-state index < -0.39 is 12.0 Å². The van der Waals surface area contributed by atoms with Crippen molar-refractivity contribution in [2.24, 2.45) is 5.92 Å².